The molecule has 186 valence electrons. The highest BCUT2D eigenvalue weighted by molar-refractivity contribution is 6.36. The summed E-state index contributed by atoms with van der Waals surface area (Å²) in [7, 11) is 0. The highest BCUT2D eigenvalue weighted by Gasteiger charge is 2.39. The maximum Gasteiger partial charge on any atom is 0.416 e. The van der Waals surface area contributed by atoms with Crippen molar-refractivity contribution in [2.45, 2.75) is 6.18 Å². The molecule has 36 heavy (non-hydrogen) atoms. The van der Waals surface area contributed by atoms with E-state index >= 15 is 0 Å². The Labute approximate surface area is 214 Å². The highest BCUT2D eigenvalue weighted by atomic mass is 35.5. The van der Waals surface area contributed by atoms with Gasteiger partial charge in [-0.25, -0.2) is 0 Å². The van der Waals surface area contributed by atoms with Crippen LogP contribution in [0.2, 0.25) is 15.1 Å². The third kappa shape index (κ3) is 6.11. The van der Waals surface area contributed by atoms with Gasteiger partial charge in [0.25, 0.3) is 5.75 Å². The molecule has 0 N–H and O–H groups in total. The van der Waals surface area contributed by atoms with Gasteiger partial charge in [0.15, 0.2) is 11.5 Å². The Hall–Kier alpha value is -3.67. The fraction of sp³-hybridized carbons (Fsp3) is 0.0455. The highest BCUT2D eigenvalue weighted by Crippen LogP contribution is 2.47. The maximum atomic E-state index is 13.2. The van der Waals surface area contributed by atoms with Crippen LogP contribution in [-0.4, -0.2) is 15.6 Å². The number of nitrogens with zero attached hydrogens (tertiary/aromatic N) is 2. The molecule has 3 rings (SSSR count). The lowest BCUT2D eigenvalue weighted by Gasteiger charge is -2.13. The van der Waals surface area contributed by atoms with Gasteiger partial charge in [0.05, 0.1) is 20.4 Å². The zero-order valence-corrected chi connectivity index (χ0v) is 19.7. The van der Waals surface area contributed by atoms with Gasteiger partial charge in [-0.05, 0) is 48.6 Å². The third-order valence-electron chi connectivity index (χ3n) is 4.55. The second-order valence-corrected chi connectivity index (χ2v) is 8.25. The summed E-state index contributed by atoms with van der Waals surface area (Å²) >= 11 is 17.9. The third-order valence-corrected chi connectivity index (χ3v) is 5.31. The van der Waals surface area contributed by atoms with Gasteiger partial charge in [-0.3, -0.25) is 25.0 Å². The molecule has 3 aromatic rings. The lowest BCUT2D eigenvalue weighted by atomic mass is 10.1. The van der Waals surface area contributed by atoms with Crippen LogP contribution in [0.3, 0.4) is 0 Å². The molecule has 0 unspecified atom stereocenters. The lowest BCUT2D eigenvalue weighted by Crippen LogP contribution is -2.08. The number of alkyl halides is 3. The number of carbonyl (C=O) groups excluding carboxylic acids is 1. The van der Waals surface area contributed by atoms with E-state index in [1.807, 2.05) is 0 Å². The summed E-state index contributed by atoms with van der Waals surface area (Å²) in [4.78, 5) is 32.9. The monoisotopic (exact) mass is 560 g/mol. The minimum atomic E-state index is -5.11. The molecule has 0 heterocycles. The van der Waals surface area contributed by atoms with E-state index in [2.05, 4.69) is 0 Å². The number of carbonyl (C=O) groups is 1. The van der Waals surface area contributed by atoms with Gasteiger partial charge in [-0.2, -0.15) is 13.2 Å². The predicted octanol–water partition coefficient (Wildman–Crippen LogP) is 8.17. The second-order valence-electron chi connectivity index (χ2n) is 6.97. The molecule has 0 aliphatic rings. The molecule has 0 saturated heterocycles. The van der Waals surface area contributed by atoms with Gasteiger partial charge in [-0.1, -0.05) is 34.8 Å². The molecule has 8 nitrogen and oxygen atoms in total. The van der Waals surface area contributed by atoms with Crippen molar-refractivity contribution in [3.63, 3.8) is 0 Å². The van der Waals surface area contributed by atoms with Crippen LogP contribution in [0, 0.1) is 20.2 Å². The first-order valence-electron chi connectivity index (χ1n) is 9.47. The first kappa shape index (κ1) is 26.9. The van der Waals surface area contributed by atoms with Crippen LogP contribution in [-0.2, 0) is 6.18 Å². The van der Waals surface area contributed by atoms with Crippen LogP contribution in [0.4, 0.5) is 24.5 Å². The van der Waals surface area contributed by atoms with Gasteiger partial charge in [0, 0.05) is 33.3 Å². The summed E-state index contributed by atoms with van der Waals surface area (Å²) in [6.07, 6.45) is -2.86. The topological polar surface area (TPSA) is 113 Å². The van der Waals surface area contributed by atoms with Crippen molar-refractivity contribution in [3.8, 4) is 11.5 Å². The van der Waals surface area contributed by atoms with Crippen LogP contribution >= 0.6 is 34.8 Å². The van der Waals surface area contributed by atoms with Crippen LogP contribution in [0.25, 0.3) is 6.08 Å². The molecule has 0 aromatic heterocycles. The van der Waals surface area contributed by atoms with Gasteiger partial charge in [0.2, 0.25) is 0 Å². The van der Waals surface area contributed by atoms with E-state index in [0.717, 1.165) is 12.1 Å². The van der Waals surface area contributed by atoms with Gasteiger partial charge in [-0.15, -0.1) is 0 Å². The normalized spacial score (nSPS) is 11.5. The number of hydrogen-bond donors (Lipinski definition) is 0. The number of allylic oxidation sites excluding steroid dienone is 1. The number of benzene rings is 3. The molecule has 0 aliphatic heterocycles. The Morgan fingerprint density at radius 2 is 1.42 bits per heavy atom. The van der Waals surface area contributed by atoms with Gasteiger partial charge >= 0.3 is 17.6 Å². The van der Waals surface area contributed by atoms with E-state index < -0.39 is 50.2 Å². The molecule has 0 bridgehead atoms. The van der Waals surface area contributed by atoms with E-state index in [4.69, 9.17) is 39.5 Å². The first-order chi connectivity index (χ1) is 16.8. The minimum Gasteiger partial charge on any atom is -0.442 e. The molecular formula is C22H10Cl3F3N2O6. The lowest BCUT2D eigenvalue weighted by molar-refractivity contribution is -0.396. The summed E-state index contributed by atoms with van der Waals surface area (Å²) in [6, 6.07) is 8.44. The largest absolute Gasteiger partial charge is 0.442 e. The van der Waals surface area contributed by atoms with E-state index in [9.17, 15) is 38.2 Å². The summed E-state index contributed by atoms with van der Waals surface area (Å²) < 4.78 is 44.9. The summed E-state index contributed by atoms with van der Waals surface area (Å²) in [5, 5.41) is 23.2. The van der Waals surface area contributed by atoms with Crippen molar-refractivity contribution in [2.75, 3.05) is 0 Å². The van der Waals surface area contributed by atoms with Crippen molar-refractivity contribution in [1.82, 2.24) is 0 Å². The number of nitro benzene ring substituents is 2. The fourth-order valence-electron chi connectivity index (χ4n) is 2.93. The number of halogens is 6. The van der Waals surface area contributed by atoms with Crippen molar-refractivity contribution in [3.05, 3.63) is 107 Å². The average molecular weight is 562 g/mol. The van der Waals surface area contributed by atoms with Gasteiger partial charge in [0.1, 0.15) is 0 Å². The minimum absolute atomic E-state index is 0.0432. The van der Waals surface area contributed by atoms with Crippen molar-refractivity contribution < 1.29 is 32.5 Å². The van der Waals surface area contributed by atoms with E-state index in [0.29, 0.717) is 5.02 Å². The van der Waals surface area contributed by atoms with E-state index in [-0.39, 0.29) is 33.3 Å². The Morgan fingerprint density at radius 3 is 1.92 bits per heavy atom. The summed E-state index contributed by atoms with van der Waals surface area (Å²) in [5.41, 5.74) is -4.06. The molecule has 3 aromatic carbocycles. The standard InChI is InChI=1S/C22H10Cl3F3N2O6/c23-14-4-1-11(2-5-14)19(31)6-3-12-7-15(24)10-16(25)20(12)36-21-17(29(32)33)8-13(22(26,27)28)9-18(21)30(34)35/h1-10H/b6-3+. The van der Waals surface area contributed by atoms with Crippen molar-refractivity contribution in [2.24, 2.45) is 0 Å². The molecule has 0 saturated carbocycles. The van der Waals surface area contributed by atoms with Gasteiger partial charge < -0.3 is 4.74 Å². The van der Waals surface area contributed by atoms with Crippen molar-refractivity contribution in [1.29, 1.82) is 0 Å². The second kappa shape index (κ2) is 10.5. The Balaban J connectivity index is 2.14. The maximum absolute atomic E-state index is 13.2. The molecule has 0 aliphatic carbocycles. The molecule has 0 atom stereocenters. The Kier molecular flexibility index (Phi) is 7.87. The molecule has 14 heteroatoms. The smallest absolute Gasteiger partial charge is 0.416 e. The first-order valence-corrected chi connectivity index (χ1v) is 10.6. The van der Waals surface area contributed by atoms with E-state index in [1.165, 1.54) is 36.4 Å². The Morgan fingerprint density at radius 1 is 0.861 bits per heavy atom. The SMILES string of the molecule is O=C(/C=C/c1cc(Cl)cc(Cl)c1Oc1c([N+](=O)[O-])cc(C(F)(F)F)cc1[N+](=O)[O-])c1ccc(Cl)cc1. The summed E-state index contributed by atoms with van der Waals surface area (Å²) in [5.74, 6) is -2.02. The fourth-order valence-corrected chi connectivity index (χ4v) is 3.60. The van der Waals surface area contributed by atoms with Crippen LogP contribution in [0.1, 0.15) is 21.5 Å². The number of ketones is 1. The zero-order valence-electron chi connectivity index (χ0n) is 17.4. The van der Waals surface area contributed by atoms with E-state index in [1.54, 1.807) is 0 Å². The molecule has 0 fully saturated rings. The average Bonchev–Trinajstić information content (AvgIpc) is 2.78. The van der Waals surface area contributed by atoms with Crippen molar-refractivity contribution >= 4 is 58.0 Å². The van der Waals surface area contributed by atoms with Crippen LogP contribution in [0.5, 0.6) is 11.5 Å². The predicted molar refractivity (Wildman–Crippen MR) is 126 cm³/mol. The van der Waals surface area contributed by atoms with Crippen LogP contribution < -0.4 is 4.74 Å². The molecule has 0 spiro atoms. The number of nitro groups is 2. The molecule has 0 radical (unpaired) electrons. The number of rotatable bonds is 7. The molecular weight excluding hydrogens is 552 g/mol. The number of hydrogen-bond acceptors (Lipinski definition) is 6. The number of ether oxygens (including phenoxy) is 1. The molecule has 0 amide bonds. The van der Waals surface area contributed by atoms with Crippen LogP contribution in [0.15, 0.2) is 54.6 Å². The summed E-state index contributed by atoms with van der Waals surface area (Å²) in [6.45, 7) is 0. The Bertz CT molecular complexity index is 1370. The quantitative estimate of drug-likeness (QED) is 0.124. The zero-order chi connectivity index (χ0) is 26.8.